The molecule has 0 spiro atoms. The Morgan fingerprint density at radius 2 is 2.00 bits per heavy atom. The standard InChI is InChI=1S/C9H7F3N2O/c1-14-8(9(10,11)12)7-5(13-14)3-2-4-6(7)15/h2-4,15H,1H3. The predicted octanol–water partition coefficient (Wildman–Crippen LogP) is 2.30. The van der Waals surface area contributed by atoms with Crippen molar-refractivity contribution in [1.82, 2.24) is 9.78 Å². The molecule has 15 heavy (non-hydrogen) atoms. The van der Waals surface area contributed by atoms with E-state index in [1.165, 1.54) is 25.2 Å². The van der Waals surface area contributed by atoms with Crippen molar-refractivity contribution in [3.8, 4) is 5.75 Å². The Kier molecular flexibility index (Phi) is 1.89. The van der Waals surface area contributed by atoms with Gasteiger partial charge in [-0.25, -0.2) is 0 Å². The lowest BCUT2D eigenvalue weighted by molar-refractivity contribution is -0.142. The molecule has 1 N–H and O–H groups in total. The highest BCUT2D eigenvalue weighted by molar-refractivity contribution is 5.88. The van der Waals surface area contributed by atoms with Gasteiger partial charge in [-0.05, 0) is 12.1 Å². The summed E-state index contributed by atoms with van der Waals surface area (Å²) in [6.07, 6.45) is -4.53. The molecule has 80 valence electrons. The molecular formula is C9H7F3N2O. The molecule has 0 saturated heterocycles. The summed E-state index contributed by atoms with van der Waals surface area (Å²) in [5.74, 6) is -0.409. The van der Waals surface area contributed by atoms with Crippen LogP contribution in [0.25, 0.3) is 10.9 Å². The van der Waals surface area contributed by atoms with Crippen molar-refractivity contribution < 1.29 is 18.3 Å². The van der Waals surface area contributed by atoms with Gasteiger partial charge in [0.25, 0.3) is 0 Å². The first-order chi connectivity index (χ1) is 6.91. The average molecular weight is 216 g/mol. The van der Waals surface area contributed by atoms with Crippen LogP contribution >= 0.6 is 0 Å². The lowest BCUT2D eigenvalue weighted by Gasteiger charge is -2.07. The van der Waals surface area contributed by atoms with Gasteiger partial charge >= 0.3 is 6.18 Å². The highest BCUT2D eigenvalue weighted by atomic mass is 19.4. The fourth-order valence-electron chi connectivity index (χ4n) is 1.55. The van der Waals surface area contributed by atoms with Gasteiger partial charge in [0.15, 0.2) is 5.69 Å². The van der Waals surface area contributed by atoms with Gasteiger partial charge < -0.3 is 5.11 Å². The number of halogens is 3. The molecule has 0 saturated carbocycles. The minimum absolute atomic E-state index is 0.129. The Balaban J connectivity index is 2.89. The lowest BCUT2D eigenvalue weighted by atomic mass is 10.2. The van der Waals surface area contributed by atoms with Gasteiger partial charge in [-0.2, -0.15) is 18.3 Å². The van der Waals surface area contributed by atoms with E-state index in [2.05, 4.69) is 5.10 Å². The monoisotopic (exact) mass is 216 g/mol. The van der Waals surface area contributed by atoms with Gasteiger partial charge in [0.05, 0.1) is 10.9 Å². The molecular weight excluding hydrogens is 209 g/mol. The molecule has 1 aromatic heterocycles. The fourth-order valence-corrected chi connectivity index (χ4v) is 1.55. The van der Waals surface area contributed by atoms with Crippen molar-refractivity contribution in [3.05, 3.63) is 23.9 Å². The fraction of sp³-hybridized carbons (Fsp3) is 0.222. The molecule has 0 aliphatic rings. The number of benzene rings is 1. The van der Waals surface area contributed by atoms with E-state index in [9.17, 15) is 18.3 Å². The van der Waals surface area contributed by atoms with Crippen molar-refractivity contribution in [2.45, 2.75) is 6.18 Å². The predicted molar refractivity (Wildman–Crippen MR) is 47.4 cm³/mol. The normalized spacial score (nSPS) is 12.3. The maximum Gasteiger partial charge on any atom is 0.433 e. The van der Waals surface area contributed by atoms with Crippen LogP contribution in [0.3, 0.4) is 0 Å². The third kappa shape index (κ3) is 1.42. The molecule has 1 heterocycles. The highest BCUT2D eigenvalue weighted by Gasteiger charge is 2.37. The first-order valence-corrected chi connectivity index (χ1v) is 4.13. The van der Waals surface area contributed by atoms with Gasteiger partial charge in [0.1, 0.15) is 5.75 Å². The molecule has 0 amide bonds. The van der Waals surface area contributed by atoms with Crippen LogP contribution in [0.2, 0.25) is 0 Å². The van der Waals surface area contributed by atoms with Crippen LogP contribution in [0.4, 0.5) is 13.2 Å². The summed E-state index contributed by atoms with van der Waals surface area (Å²) in [6, 6.07) is 4.08. The summed E-state index contributed by atoms with van der Waals surface area (Å²) in [5, 5.41) is 12.8. The average Bonchev–Trinajstić information content (AvgIpc) is 2.41. The van der Waals surface area contributed by atoms with Crippen LogP contribution < -0.4 is 0 Å². The van der Waals surface area contributed by atoms with Crippen LogP contribution in [0.1, 0.15) is 5.69 Å². The number of alkyl halides is 3. The number of nitrogens with zero attached hydrogens (tertiary/aromatic N) is 2. The number of aromatic hydroxyl groups is 1. The van der Waals surface area contributed by atoms with E-state index in [0.717, 1.165) is 4.68 Å². The summed E-state index contributed by atoms with van der Waals surface area (Å²) in [7, 11) is 1.20. The largest absolute Gasteiger partial charge is 0.507 e. The third-order valence-corrected chi connectivity index (χ3v) is 2.11. The van der Waals surface area contributed by atoms with Crippen molar-refractivity contribution in [2.75, 3.05) is 0 Å². The van der Waals surface area contributed by atoms with E-state index < -0.39 is 17.6 Å². The van der Waals surface area contributed by atoms with Gasteiger partial charge in [-0.15, -0.1) is 0 Å². The van der Waals surface area contributed by atoms with Crippen molar-refractivity contribution >= 4 is 10.9 Å². The zero-order valence-electron chi connectivity index (χ0n) is 7.71. The van der Waals surface area contributed by atoms with E-state index in [1.807, 2.05) is 0 Å². The van der Waals surface area contributed by atoms with Crippen LogP contribution in [-0.2, 0) is 13.2 Å². The molecule has 2 rings (SSSR count). The number of rotatable bonds is 0. The number of hydrogen-bond acceptors (Lipinski definition) is 2. The zero-order valence-corrected chi connectivity index (χ0v) is 7.71. The number of aryl methyl sites for hydroxylation is 1. The molecule has 0 aliphatic carbocycles. The van der Waals surface area contributed by atoms with Gasteiger partial charge in [-0.1, -0.05) is 6.07 Å². The van der Waals surface area contributed by atoms with Gasteiger partial charge in [-0.3, -0.25) is 4.68 Å². The second kappa shape index (κ2) is 2.88. The Bertz CT molecular complexity index is 516. The molecule has 0 atom stereocenters. The smallest absolute Gasteiger partial charge is 0.433 e. The van der Waals surface area contributed by atoms with E-state index in [-0.39, 0.29) is 10.9 Å². The molecule has 0 radical (unpaired) electrons. The first-order valence-electron chi connectivity index (χ1n) is 4.13. The van der Waals surface area contributed by atoms with Crippen molar-refractivity contribution in [2.24, 2.45) is 7.05 Å². The summed E-state index contributed by atoms with van der Waals surface area (Å²) in [6.45, 7) is 0. The van der Waals surface area contributed by atoms with E-state index in [0.29, 0.717) is 0 Å². The van der Waals surface area contributed by atoms with E-state index in [4.69, 9.17) is 0 Å². The third-order valence-electron chi connectivity index (χ3n) is 2.11. The van der Waals surface area contributed by atoms with Crippen LogP contribution in [0, 0.1) is 0 Å². The minimum atomic E-state index is -4.53. The van der Waals surface area contributed by atoms with E-state index >= 15 is 0 Å². The molecule has 6 heteroatoms. The number of phenols is 1. The Hall–Kier alpha value is -1.72. The Labute approximate surface area is 82.7 Å². The number of hydrogen-bond donors (Lipinski definition) is 1. The number of fused-ring (bicyclic) bond motifs is 1. The summed E-state index contributed by atoms with van der Waals surface area (Å²) in [5.41, 5.74) is -0.805. The van der Waals surface area contributed by atoms with Crippen LogP contribution in [0.15, 0.2) is 18.2 Å². The quantitative estimate of drug-likeness (QED) is 0.733. The summed E-state index contributed by atoms with van der Waals surface area (Å²) in [4.78, 5) is 0. The topological polar surface area (TPSA) is 38.0 Å². The van der Waals surface area contributed by atoms with Crippen molar-refractivity contribution in [3.63, 3.8) is 0 Å². The van der Waals surface area contributed by atoms with Crippen LogP contribution in [0.5, 0.6) is 5.75 Å². The highest BCUT2D eigenvalue weighted by Crippen LogP contribution is 2.38. The second-order valence-corrected chi connectivity index (χ2v) is 3.14. The molecule has 0 aliphatic heterocycles. The van der Waals surface area contributed by atoms with Crippen LogP contribution in [-0.4, -0.2) is 14.9 Å². The molecule has 2 aromatic rings. The maximum absolute atomic E-state index is 12.6. The second-order valence-electron chi connectivity index (χ2n) is 3.14. The molecule has 0 bridgehead atoms. The summed E-state index contributed by atoms with van der Waals surface area (Å²) < 4.78 is 38.6. The lowest BCUT2D eigenvalue weighted by Crippen LogP contribution is -2.11. The van der Waals surface area contributed by atoms with Gasteiger partial charge in [0, 0.05) is 7.05 Å². The number of aromatic nitrogens is 2. The van der Waals surface area contributed by atoms with E-state index in [1.54, 1.807) is 0 Å². The van der Waals surface area contributed by atoms with Gasteiger partial charge in [0.2, 0.25) is 0 Å². The summed E-state index contributed by atoms with van der Waals surface area (Å²) >= 11 is 0. The van der Waals surface area contributed by atoms with Crippen molar-refractivity contribution in [1.29, 1.82) is 0 Å². The number of phenolic OH excluding ortho intramolecular Hbond substituents is 1. The minimum Gasteiger partial charge on any atom is -0.507 e. The maximum atomic E-state index is 12.6. The zero-order chi connectivity index (χ0) is 11.2. The molecule has 1 aromatic carbocycles. The Morgan fingerprint density at radius 3 is 2.60 bits per heavy atom. The SMILES string of the molecule is Cn1nc2cccc(O)c2c1C(F)(F)F. The Morgan fingerprint density at radius 1 is 1.33 bits per heavy atom. The molecule has 0 fully saturated rings. The molecule has 0 unspecified atom stereocenters. The molecule has 3 nitrogen and oxygen atoms in total. The first kappa shape index (κ1) is 9.82.